The Morgan fingerprint density at radius 1 is 0.654 bits per heavy atom. The Bertz CT molecular complexity index is 335. The molecule has 0 aromatic carbocycles. The molecule has 0 rings (SSSR count). The van der Waals surface area contributed by atoms with Gasteiger partial charge in [-0.05, 0) is 31.6 Å². The zero-order valence-electron chi connectivity index (χ0n) is 17.5. The van der Waals surface area contributed by atoms with Crippen LogP contribution < -0.4 is 0 Å². The van der Waals surface area contributed by atoms with Crippen LogP contribution in [-0.2, 0) is 19.1 Å². The maximum Gasteiger partial charge on any atom is 0.305 e. The lowest BCUT2D eigenvalue weighted by molar-refractivity contribution is -0.146. The average Bonchev–Trinajstić information content (AvgIpc) is 2.62. The van der Waals surface area contributed by atoms with E-state index in [1.54, 1.807) is 0 Å². The molecule has 0 amide bonds. The number of hydrogen-bond acceptors (Lipinski definition) is 4. The van der Waals surface area contributed by atoms with Crippen molar-refractivity contribution in [3.8, 4) is 0 Å². The molecule has 0 atom stereocenters. The fraction of sp³-hybridized carbons (Fsp3) is 0.909. The van der Waals surface area contributed by atoms with E-state index in [1.807, 2.05) is 0 Å². The van der Waals surface area contributed by atoms with Gasteiger partial charge in [0.05, 0.1) is 13.2 Å². The minimum absolute atomic E-state index is 0.193. The van der Waals surface area contributed by atoms with Crippen LogP contribution in [-0.4, -0.2) is 25.2 Å². The van der Waals surface area contributed by atoms with Gasteiger partial charge in [-0.15, -0.1) is 0 Å². The second-order valence-electron chi connectivity index (χ2n) is 7.32. The molecule has 0 aliphatic rings. The molecule has 0 aromatic heterocycles. The van der Waals surface area contributed by atoms with E-state index >= 15 is 0 Å². The van der Waals surface area contributed by atoms with Crippen LogP contribution >= 0.6 is 0 Å². The first-order valence-corrected chi connectivity index (χ1v) is 10.9. The van der Waals surface area contributed by atoms with E-state index < -0.39 is 0 Å². The van der Waals surface area contributed by atoms with Crippen molar-refractivity contribution in [3.05, 3.63) is 0 Å². The van der Waals surface area contributed by atoms with Crippen molar-refractivity contribution >= 4 is 11.9 Å². The maximum atomic E-state index is 11.8. The summed E-state index contributed by atoms with van der Waals surface area (Å²) in [5.74, 6) is 0.0848. The molecule has 154 valence electrons. The predicted octanol–water partition coefficient (Wildman–Crippen LogP) is 6.21. The molecule has 0 heterocycles. The van der Waals surface area contributed by atoms with E-state index in [4.69, 9.17) is 9.47 Å². The first kappa shape index (κ1) is 24.9. The molecule has 0 spiro atoms. The van der Waals surface area contributed by atoms with Crippen LogP contribution in [0.5, 0.6) is 0 Å². The molecule has 0 bridgehead atoms. The first-order valence-electron chi connectivity index (χ1n) is 10.9. The summed E-state index contributed by atoms with van der Waals surface area (Å²) in [6.07, 6.45) is 14.0. The molecule has 0 fully saturated rings. The number of unbranched alkanes of at least 4 members (excludes halogenated alkanes) is 6. The molecule has 4 nitrogen and oxygen atoms in total. The van der Waals surface area contributed by atoms with Crippen molar-refractivity contribution in [2.24, 2.45) is 5.92 Å². The van der Waals surface area contributed by atoms with Crippen LogP contribution in [0.25, 0.3) is 0 Å². The number of carbonyl (C=O) groups is 2. The van der Waals surface area contributed by atoms with E-state index in [-0.39, 0.29) is 11.9 Å². The van der Waals surface area contributed by atoms with Crippen LogP contribution in [0, 0.1) is 5.92 Å². The van der Waals surface area contributed by atoms with Crippen molar-refractivity contribution in [2.45, 2.75) is 111 Å². The highest BCUT2D eigenvalue weighted by molar-refractivity contribution is 5.72. The summed E-state index contributed by atoms with van der Waals surface area (Å²) < 4.78 is 10.6. The van der Waals surface area contributed by atoms with Gasteiger partial charge in [0.1, 0.15) is 0 Å². The number of ether oxygens (including phenoxy) is 2. The smallest absolute Gasteiger partial charge is 0.305 e. The first-order chi connectivity index (χ1) is 12.6. The van der Waals surface area contributed by atoms with E-state index in [9.17, 15) is 9.59 Å². The highest BCUT2D eigenvalue weighted by Crippen LogP contribution is 2.14. The summed E-state index contributed by atoms with van der Waals surface area (Å²) in [6.45, 7) is 7.55. The normalized spacial score (nSPS) is 10.9. The third kappa shape index (κ3) is 16.4. The van der Waals surface area contributed by atoms with Gasteiger partial charge in [0.25, 0.3) is 0 Å². The maximum absolute atomic E-state index is 11.8. The largest absolute Gasteiger partial charge is 0.466 e. The van der Waals surface area contributed by atoms with Gasteiger partial charge in [-0.1, -0.05) is 72.1 Å². The van der Waals surface area contributed by atoms with Gasteiger partial charge in [-0.25, -0.2) is 0 Å². The predicted molar refractivity (Wildman–Crippen MR) is 107 cm³/mol. The topological polar surface area (TPSA) is 52.6 Å². The van der Waals surface area contributed by atoms with Crippen LogP contribution in [0.1, 0.15) is 111 Å². The van der Waals surface area contributed by atoms with Gasteiger partial charge >= 0.3 is 11.9 Å². The highest BCUT2D eigenvalue weighted by Gasteiger charge is 2.11. The summed E-state index contributed by atoms with van der Waals surface area (Å²) >= 11 is 0. The van der Waals surface area contributed by atoms with E-state index in [0.29, 0.717) is 38.4 Å². The number of esters is 2. The Morgan fingerprint density at radius 3 is 1.77 bits per heavy atom. The van der Waals surface area contributed by atoms with Gasteiger partial charge < -0.3 is 9.47 Å². The monoisotopic (exact) mass is 370 g/mol. The highest BCUT2D eigenvalue weighted by atomic mass is 16.5. The number of hydrogen-bond donors (Lipinski definition) is 0. The van der Waals surface area contributed by atoms with E-state index in [2.05, 4.69) is 20.8 Å². The third-order valence-electron chi connectivity index (χ3n) is 4.65. The lowest BCUT2D eigenvalue weighted by atomic mass is 9.99. The Balaban J connectivity index is 3.55. The average molecular weight is 371 g/mol. The van der Waals surface area contributed by atoms with Crippen LogP contribution in [0.2, 0.25) is 0 Å². The quantitative estimate of drug-likeness (QED) is 0.212. The SMILES string of the molecule is CCCCCCCCCOC(=O)CCCC(=O)OCC(CCC)CCC. The summed E-state index contributed by atoms with van der Waals surface area (Å²) in [7, 11) is 0. The molecule has 4 heteroatoms. The van der Waals surface area contributed by atoms with Crippen molar-refractivity contribution in [1.82, 2.24) is 0 Å². The molecule has 0 saturated carbocycles. The number of carbonyl (C=O) groups excluding carboxylic acids is 2. The summed E-state index contributed by atoms with van der Waals surface area (Å²) in [5, 5.41) is 0. The minimum Gasteiger partial charge on any atom is -0.466 e. The fourth-order valence-corrected chi connectivity index (χ4v) is 3.10. The molecular formula is C22H42O4. The van der Waals surface area contributed by atoms with Crippen LogP contribution in [0.4, 0.5) is 0 Å². The second kappa shape index (κ2) is 18.7. The summed E-state index contributed by atoms with van der Waals surface area (Å²) in [4.78, 5) is 23.4. The molecule has 0 aliphatic heterocycles. The van der Waals surface area contributed by atoms with Crippen molar-refractivity contribution in [3.63, 3.8) is 0 Å². The Kier molecular flexibility index (Phi) is 18.0. The fourth-order valence-electron chi connectivity index (χ4n) is 3.10. The van der Waals surface area contributed by atoms with Gasteiger partial charge in [-0.3, -0.25) is 9.59 Å². The minimum atomic E-state index is -0.196. The number of rotatable bonds is 18. The summed E-state index contributed by atoms with van der Waals surface area (Å²) in [5.41, 5.74) is 0. The Hall–Kier alpha value is -1.06. The molecule has 0 N–H and O–H groups in total. The van der Waals surface area contributed by atoms with Gasteiger partial charge in [0.2, 0.25) is 0 Å². The van der Waals surface area contributed by atoms with Gasteiger partial charge in [-0.2, -0.15) is 0 Å². The van der Waals surface area contributed by atoms with Gasteiger partial charge in [0.15, 0.2) is 0 Å². The van der Waals surface area contributed by atoms with Crippen molar-refractivity contribution in [2.75, 3.05) is 13.2 Å². The molecule has 0 saturated heterocycles. The molecule has 0 aromatic rings. The zero-order valence-corrected chi connectivity index (χ0v) is 17.5. The second-order valence-corrected chi connectivity index (χ2v) is 7.32. The molecule has 0 radical (unpaired) electrons. The van der Waals surface area contributed by atoms with E-state index in [0.717, 1.165) is 38.5 Å². The van der Waals surface area contributed by atoms with Crippen LogP contribution in [0.15, 0.2) is 0 Å². The lowest BCUT2D eigenvalue weighted by Crippen LogP contribution is -2.14. The lowest BCUT2D eigenvalue weighted by Gasteiger charge is -2.15. The summed E-state index contributed by atoms with van der Waals surface area (Å²) in [6, 6.07) is 0. The standard InChI is InChI=1S/C22H42O4/c1-4-7-8-9-10-11-12-18-25-21(23)16-13-17-22(24)26-19-20(14-5-2)15-6-3/h20H,4-19H2,1-3H3. The van der Waals surface area contributed by atoms with E-state index in [1.165, 1.54) is 32.1 Å². The Labute approximate surface area is 161 Å². The Morgan fingerprint density at radius 2 is 1.19 bits per heavy atom. The molecular weight excluding hydrogens is 328 g/mol. The van der Waals surface area contributed by atoms with Crippen molar-refractivity contribution < 1.29 is 19.1 Å². The van der Waals surface area contributed by atoms with Crippen molar-refractivity contribution in [1.29, 1.82) is 0 Å². The zero-order chi connectivity index (χ0) is 19.5. The van der Waals surface area contributed by atoms with Crippen LogP contribution in [0.3, 0.4) is 0 Å². The molecule has 0 aliphatic carbocycles. The third-order valence-corrected chi connectivity index (χ3v) is 4.65. The molecule has 26 heavy (non-hydrogen) atoms. The molecule has 0 unspecified atom stereocenters. The van der Waals surface area contributed by atoms with Gasteiger partial charge in [0, 0.05) is 12.8 Å².